The number of benzene rings is 1. The van der Waals surface area contributed by atoms with Crippen LogP contribution < -0.4 is 10.6 Å². The van der Waals surface area contributed by atoms with Crippen LogP contribution >= 0.6 is 24.0 Å². The number of pyridine rings is 1. The quantitative estimate of drug-likeness (QED) is 0.318. The zero-order valence-corrected chi connectivity index (χ0v) is 20.5. The van der Waals surface area contributed by atoms with Crippen LogP contribution in [-0.4, -0.2) is 67.1 Å². The third-order valence-corrected chi connectivity index (χ3v) is 5.49. The number of nitrogens with zero attached hydrogens (tertiary/aromatic N) is 4. The summed E-state index contributed by atoms with van der Waals surface area (Å²) in [5.41, 5.74) is 3.82. The van der Waals surface area contributed by atoms with Gasteiger partial charge in [-0.3, -0.25) is 14.9 Å². The van der Waals surface area contributed by atoms with Crippen LogP contribution in [-0.2, 0) is 19.5 Å². The number of rotatable bonds is 8. The normalized spacial score (nSPS) is 15.5. The van der Waals surface area contributed by atoms with E-state index in [0.717, 1.165) is 57.3 Å². The number of aliphatic imine (C=N–C) groups is 1. The summed E-state index contributed by atoms with van der Waals surface area (Å²) in [7, 11) is 1.81. The Bertz CT molecular complexity index is 759. The molecule has 0 aliphatic carbocycles. The van der Waals surface area contributed by atoms with Gasteiger partial charge in [0, 0.05) is 71.2 Å². The molecule has 2 heterocycles. The van der Waals surface area contributed by atoms with Gasteiger partial charge in [-0.05, 0) is 29.8 Å². The number of likely N-dealkylation sites (N-methyl/N-ethyl adjacent to an activating group) is 1. The van der Waals surface area contributed by atoms with Gasteiger partial charge in [-0.25, -0.2) is 0 Å². The summed E-state index contributed by atoms with van der Waals surface area (Å²) in [6.07, 6.45) is 2.71. The standard InChI is InChI=1S/C23H34N6.HI/c1-3-28-14-16-29(17-15-28)19-21-9-5-4-8-20(21)18-27-23(24-2)26-13-11-22-10-6-7-12-25-22;/h4-10,12H,3,11,13-19H2,1-2H3,(H2,24,26,27);1H. The van der Waals surface area contributed by atoms with Gasteiger partial charge < -0.3 is 15.5 Å². The van der Waals surface area contributed by atoms with Crippen molar-refractivity contribution in [2.45, 2.75) is 26.4 Å². The van der Waals surface area contributed by atoms with Gasteiger partial charge in [0.15, 0.2) is 5.96 Å². The van der Waals surface area contributed by atoms with Crippen molar-refractivity contribution >= 4 is 29.9 Å². The van der Waals surface area contributed by atoms with E-state index in [1.54, 1.807) is 0 Å². The minimum atomic E-state index is 0. The maximum Gasteiger partial charge on any atom is 0.191 e. The molecule has 1 aromatic carbocycles. The van der Waals surface area contributed by atoms with Crippen molar-refractivity contribution in [3.8, 4) is 0 Å². The first-order valence-electron chi connectivity index (χ1n) is 10.6. The number of guanidine groups is 1. The van der Waals surface area contributed by atoms with Gasteiger partial charge in [0.05, 0.1) is 0 Å². The Hall–Kier alpha value is -1.71. The van der Waals surface area contributed by atoms with E-state index in [0.29, 0.717) is 0 Å². The summed E-state index contributed by atoms with van der Waals surface area (Å²) in [5, 5.41) is 6.84. The fourth-order valence-electron chi connectivity index (χ4n) is 3.64. The van der Waals surface area contributed by atoms with Crippen LogP contribution in [0.5, 0.6) is 0 Å². The average Bonchev–Trinajstić information content (AvgIpc) is 2.78. The van der Waals surface area contributed by atoms with Gasteiger partial charge >= 0.3 is 0 Å². The molecule has 0 bridgehead atoms. The summed E-state index contributed by atoms with van der Waals surface area (Å²) in [6.45, 7) is 10.6. The zero-order chi connectivity index (χ0) is 20.3. The highest BCUT2D eigenvalue weighted by Gasteiger charge is 2.16. The molecule has 0 amide bonds. The van der Waals surface area contributed by atoms with Crippen molar-refractivity contribution in [3.05, 3.63) is 65.5 Å². The van der Waals surface area contributed by atoms with Crippen molar-refractivity contribution in [1.29, 1.82) is 0 Å². The second-order valence-electron chi connectivity index (χ2n) is 7.40. The predicted octanol–water partition coefficient (Wildman–Crippen LogP) is 2.74. The molecule has 0 unspecified atom stereocenters. The minimum absolute atomic E-state index is 0. The van der Waals surface area contributed by atoms with E-state index in [2.05, 4.69) is 67.7 Å². The lowest BCUT2D eigenvalue weighted by molar-refractivity contribution is 0.131. The summed E-state index contributed by atoms with van der Waals surface area (Å²) < 4.78 is 0. The first-order valence-corrected chi connectivity index (χ1v) is 10.6. The Morgan fingerprint density at radius 3 is 2.33 bits per heavy atom. The third-order valence-electron chi connectivity index (χ3n) is 5.49. The van der Waals surface area contributed by atoms with Crippen molar-refractivity contribution in [1.82, 2.24) is 25.4 Å². The van der Waals surface area contributed by atoms with Gasteiger partial charge in [-0.1, -0.05) is 37.3 Å². The Labute approximate surface area is 198 Å². The van der Waals surface area contributed by atoms with Gasteiger partial charge in [0.25, 0.3) is 0 Å². The molecule has 0 spiro atoms. The fourth-order valence-corrected chi connectivity index (χ4v) is 3.64. The topological polar surface area (TPSA) is 55.8 Å². The van der Waals surface area contributed by atoms with E-state index in [1.807, 2.05) is 25.4 Å². The molecule has 1 aliphatic heterocycles. The molecule has 30 heavy (non-hydrogen) atoms. The molecule has 1 saturated heterocycles. The van der Waals surface area contributed by atoms with E-state index in [9.17, 15) is 0 Å². The molecule has 1 aliphatic rings. The van der Waals surface area contributed by atoms with E-state index >= 15 is 0 Å². The minimum Gasteiger partial charge on any atom is -0.356 e. The molecule has 0 radical (unpaired) electrons. The fraction of sp³-hybridized carbons (Fsp3) is 0.478. The van der Waals surface area contributed by atoms with Crippen molar-refractivity contribution in [3.63, 3.8) is 0 Å². The Morgan fingerprint density at radius 1 is 0.967 bits per heavy atom. The molecule has 3 rings (SSSR count). The zero-order valence-electron chi connectivity index (χ0n) is 18.2. The first-order chi connectivity index (χ1) is 14.3. The van der Waals surface area contributed by atoms with Gasteiger partial charge in [-0.15, -0.1) is 24.0 Å². The highest BCUT2D eigenvalue weighted by Crippen LogP contribution is 2.13. The predicted molar refractivity (Wildman–Crippen MR) is 135 cm³/mol. The molecular weight excluding hydrogens is 487 g/mol. The van der Waals surface area contributed by atoms with E-state index in [4.69, 9.17) is 0 Å². The number of nitrogens with one attached hydrogen (secondary N) is 2. The summed E-state index contributed by atoms with van der Waals surface area (Å²) >= 11 is 0. The molecule has 1 fully saturated rings. The monoisotopic (exact) mass is 522 g/mol. The van der Waals surface area contributed by atoms with Crippen LogP contribution in [0.15, 0.2) is 53.7 Å². The molecule has 164 valence electrons. The number of hydrogen-bond donors (Lipinski definition) is 2. The molecule has 6 nitrogen and oxygen atoms in total. The van der Waals surface area contributed by atoms with Crippen molar-refractivity contribution < 1.29 is 0 Å². The van der Waals surface area contributed by atoms with E-state index in [1.165, 1.54) is 24.2 Å². The number of halogens is 1. The molecular formula is C23H35IN6. The van der Waals surface area contributed by atoms with E-state index in [-0.39, 0.29) is 24.0 Å². The Balaban J connectivity index is 0.00000320. The second-order valence-corrected chi connectivity index (χ2v) is 7.40. The second kappa shape index (κ2) is 13.6. The molecule has 0 saturated carbocycles. The lowest BCUT2D eigenvalue weighted by atomic mass is 10.1. The summed E-state index contributed by atoms with van der Waals surface area (Å²) in [6, 6.07) is 14.7. The van der Waals surface area contributed by atoms with Crippen LogP contribution in [0.25, 0.3) is 0 Å². The maximum absolute atomic E-state index is 4.36. The van der Waals surface area contributed by atoms with Crippen molar-refractivity contribution in [2.24, 2.45) is 4.99 Å². The Kier molecular flexibility index (Phi) is 11.1. The molecule has 2 N–H and O–H groups in total. The number of piperazine rings is 1. The van der Waals surface area contributed by atoms with Crippen LogP contribution in [0.2, 0.25) is 0 Å². The third kappa shape index (κ3) is 7.85. The maximum atomic E-state index is 4.36. The van der Waals surface area contributed by atoms with Gasteiger partial charge in [-0.2, -0.15) is 0 Å². The average molecular weight is 522 g/mol. The number of hydrogen-bond acceptors (Lipinski definition) is 4. The van der Waals surface area contributed by atoms with Crippen molar-refractivity contribution in [2.75, 3.05) is 46.3 Å². The summed E-state index contributed by atoms with van der Waals surface area (Å²) in [5.74, 6) is 0.826. The smallest absolute Gasteiger partial charge is 0.191 e. The lowest BCUT2D eigenvalue weighted by Crippen LogP contribution is -2.45. The lowest BCUT2D eigenvalue weighted by Gasteiger charge is -2.34. The SMILES string of the molecule is CCN1CCN(Cc2ccccc2CNC(=NC)NCCc2ccccn2)CC1.I. The van der Waals surface area contributed by atoms with Crippen LogP contribution in [0, 0.1) is 0 Å². The van der Waals surface area contributed by atoms with Crippen LogP contribution in [0.3, 0.4) is 0 Å². The van der Waals surface area contributed by atoms with Crippen LogP contribution in [0.4, 0.5) is 0 Å². The van der Waals surface area contributed by atoms with Gasteiger partial charge in [0.1, 0.15) is 0 Å². The van der Waals surface area contributed by atoms with Crippen LogP contribution in [0.1, 0.15) is 23.7 Å². The highest BCUT2D eigenvalue weighted by molar-refractivity contribution is 14.0. The largest absolute Gasteiger partial charge is 0.356 e. The highest BCUT2D eigenvalue weighted by atomic mass is 127. The molecule has 7 heteroatoms. The summed E-state index contributed by atoms with van der Waals surface area (Å²) in [4.78, 5) is 13.8. The molecule has 0 atom stereocenters. The molecule has 1 aromatic heterocycles. The number of aromatic nitrogens is 1. The Morgan fingerprint density at radius 2 is 1.67 bits per heavy atom. The van der Waals surface area contributed by atoms with E-state index < -0.39 is 0 Å². The van der Waals surface area contributed by atoms with Gasteiger partial charge in [0.2, 0.25) is 0 Å². The first kappa shape index (κ1) is 24.6. The molecule has 2 aromatic rings.